The smallest absolute Gasteiger partial charge is 0.251 e. The predicted molar refractivity (Wildman–Crippen MR) is 79.4 cm³/mol. The highest BCUT2D eigenvalue weighted by Gasteiger charge is 2.23. The van der Waals surface area contributed by atoms with Crippen LogP contribution in [-0.4, -0.2) is 27.7 Å². The first-order valence-electron chi connectivity index (χ1n) is 6.89. The minimum Gasteiger partial charge on any atom is -0.391 e. The molecule has 2 rings (SSSR count). The van der Waals surface area contributed by atoms with Crippen LogP contribution in [0.5, 0.6) is 0 Å². The highest BCUT2D eigenvalue weighted by atomic mass is 79.9. The van der Waals surface area contributed by atoms with E-state index in [2.05, 4.69) is 21.2 Å². The molecule has 0 saturated heterocycles. The summed E-state index contributed by atoms with van der Waals surface area (Å²) in [7, 11) is 0. The summed E-state index contributed by atoms with van der Waals surface area (Å²) in [6, 6.07) is 2.86. The average Bonchev–Trinajstić information content (AvgIpc) is 2.59. The van der Waals surface area contributed by atoms with Crippen LogP contribution in [0, 0.1) is 0 Å². The van der Waals surface area contributed by atoms with Crippen LogP contribution < -0.4 is 10.9 Å². The van der Waals surface area contributed by atoms with Crippen LogP contribution in [0.1, 0.15) is 32.1 Å². The van der Waals surface area contributed by atoms with E-state index in [1.807, 2.05) is 0 Å². The molecule has 5 nitrogen and oxygen atoms in total. The topological polar surface area (TPSA) is 71.3 Å². The minimum absolute atomic E-state index is 0.0263. The zero-order chi connectivity index (χ0) is 14.5. The number of nitrogens with one attached hydrogen (secondary N) is 1. The zero-order valence-corrected chi connectivity index (χ0v) is 12.8. The summed E-state index contributed by atoms with van der Waals surface area (Å²) in [6.45, 7) is -0.0263. The molecule has 2 atom stereocenters. The number of amides is 1. The second-order valence-corrected chi connectivity index (χ2v) is 6.11. The van der Waals surface area contributed by atoms with Gasteiger partial charge in [-0.1, -0.05) is 19.3 Å². The van der Waals surface area contributed by atoms with Crippen LogP contribution in [0.15, 0.2) is 27.6 Å². The summed E-state index contributed by atoms with van der Waals surface area (Å²) in [4.78, 5) is 23.6. The van der Waals surface area contributed by atoms with Gasteiger partial charge in [-0.3, -0.25) is 9.59 Å². The van der Waals surface area contributed by atoms with Crippen LogP contribution >= 0.6 is 15.9 Å². The van der Waals surface area contributed by atoms with Crippen molar-refractivity contribution < 1.29 is 9.90 Å². The molecule has 1 heterocycles. The van der Waals surface area contributed by atoms with Gasteiger partial charge in [0.15, 0.2) is 0 Å². The monoisotopic (exact) mass is 342 g/mol. The lowest BCUT2D eigenvalue weighted by molar-refractivity contribution is -0.123. The van der Waals surface area contributed by atoms with E-state index >= 15 is 0 Å². The molecule has 0 bridgehead atoms. The van der Waals surface area contributed by atoms with E-state index in [9.17, 15) is 14.7 Å². The maximum atomic E-state index is 12.0. The third-order valence-corrected chi connectivity index (χ3v) is 4.06. The van der Waals surface area contributed by atoms with Gasteiger partial charge < -0.3 is 15.0 Å². The molecule has 0 aliphatic heterocycles. The molecule has 1 fully saturated rings. The zero-order valence-electron chi connectivity index (χ0n) is 11.2. The molecule has 1 amide bonds. The Bertz CT molecular complexity index is 529. The van der Waals surface area contributed by atoms with E-state index in [1.165, 1.54) is 10.6 Å². The van der Waals surface area contributed by atoms with Crippen LogP contribution in [0.25, 0.3) is 0 Å². The summed E-state index contributed by atoms with van der Waals surface area (Å²) in [6.07, 6.45) is 5.72. The first-order chi connectivity index (χ1) is 9.56. The van der Waals surface area contributed by atoms with Gasteiger partial charge in [-0.25, -0.2) is 0 Å². The van der Waals surface area contributed by atoms with E-state index in [-0.39, 0.29) is 24.1 Å². The quantitative estimate of drug-likeness (QED) is 0.816. The largest absolute Gasteiger partial charge is 0.391 e. The lowest BCUT2D eigenvalue weighted by atomic mass is 10.1. The van der Waals surface area contributed by atoms with Gasteiger partial charge >= 0.3 is 0 Å². The Labute approximate surface area is 126 Å². The van der Waals surface area contributed by atoms with Crippen molar-refractivity contribution in [3.05, 3.63) is 33.2 Å². The summed E-state index contributed by atoms with van der Waals surface area (Å²) < 4.78 is 2.10. The van der Waals surface area contributed by atoms with Crippen LogP contribution in [0.4, 0.5) is 0 Å². The SMILES string of the molecule is O=C(Cn1cc(Br)ccc1=O)NC1CCCCCC1O. The fraction of sp³-hybridized carbons (Fsp3) is 0.571. The van der Waals surface area contributed by atoms with Crippen LogP contribution in [-0.2, 0) is 11.3 Å². The molecule has 6 heteroatoms. The fourth-order valence-corrected chi connectivity index (χ4v) is 2.87. The maximum absolute atomic E-state index is 12.0. The summed E-state index contributed by atoms with van der Waals surface area (Å²) >= 11 is 3.27. The minimum atomic E-state index is -0.485. The number of rotatable bonds is 3. The second-order valence-electron chi connectivity index (χ2n) is 5.19. The van der Waals surface area contributed by atoms with Crippen molar-refractivity contribution in [3.8, 4) is 0 Å². The highest BCUT2D eigenvalue weighted by Crippen LogP contribution is 2.18. The van der Waals surface area contributed by atoms with E-state index in [0.29, 0.717) is 0 Å². The van der Waals surface area contributed by atoms with Gasteiger partial charge in [-0.15, -0.1) is 0 Å². The molecular weight excluding hydrogens is 324 g/mol. The van der Waals surface area contributed by atoms with Gasteiger partial charge in [0, 0.05) is 16.7 Å². The second kappa shape index (κ2) is 7.04. The van der Waals surface area contributed by atoms with Crippen molar-refractivity contribution in [1.29, 1.82) is 0 Å². The van der Waals surface area contributed by atoms with Crippen LogP contribution in [0.3, 0.4) is 0 Å². The normalized spacial score (nSPS) is 23.1. The third kappa shape index (κ3) is 4.18. The summed E-state index contributed by atoms with van der Waals surface area (Å²) in [5, 5.41) is 12.8. The Hall–Kier alpha value is -1.14. The molecule has 110 valence electrons. The van der Waals surface area contributed by atoms with Gasteiger partial charge in [0.05, 0.1) is 12.1 Å². The molecule has 2 N–H and O–H groups in total. The Balaban J connectivity index is 1.97. The van der Waals surface area contributed by atoms with Gasteiger partial charge in [-0.2, -0.15) is 0 Å². The lowest BCUT2D eigenvalue weighted by Gasteiger charge is -2.22. The molecule has 1 aromatic heterocycles. The molecule has 0 radical (unpaired) electrons. The number of aromatic nitrogens is 1. The average molecular weight is 343 g/mol. The Morgan fingerprint density at radius 2 is 2.10 bits per heavy atom. The number of aliphatic hydroxyl groups excluding tert-OH is 1. The summed E-state index contributed by atoms with van der Waals surface area (Å²) in [5.74, 6) is -0.240. The third-order valence-electron chi connectivity index (χ3n) is 3.59. The van der Waals surface area contributed by atoms with Crippen molar-refractivity contribution in [2.45, 2.75) is 50.8 Å². The molecule has 1 saturated carbocycles. The van der Waals surface area contributed by atoms with Crippen molar-refractivity contribution in [1.82, 2.24) is 9.88 Å². The van der Waals surface area contributed by atoms with Crippen LogP contribution in [0.2, 0.25) is 0 Å². The molecule has 1 aromatic rings. The number of hydrogen-bond acceptors (Lipinski definition) is 3. The highest BCUT2D eigenvalue weighted by molar-refractivity contribution is 9.10. The number of nitrogens with zero attached hydrogens (tertiary/aromatic N) is 1. The molecular formula is C14H19BrN2O3. The Morgan fingerprint density at radius 3 is 2.90 bits per heavy atom. The van der Waals surface area contributed by atoms with E-state index in [0.717, 1.165) is 36.6 Å². The van der Waals surface area contributed by atoms with Crippen molar-refractivity contribution in [2.75, 3.05) is 0 Å². The molecule has 1 aliphatic rings. The maximum Gasteiger partial charge on any atom is 0.251 e. The molecule has 0 spiro atoms. The Morgan fingerprint density at radius 1 is 1.35 bits per heavy atom. The summed E-state index contributed by atoms with van der Waals surface area (Å²) in [5.41, 5.74) is -0.218. The standard InChI is InChI=1S/C14H19BrN2O3/c15-10-6-7-14(20)17(8-10)9-13(19)16-11-4-2-1-3-5-12(11)18/h6-8,11-12,18H,1-5,9H2,(H,16,19). The number of halogens is 1. The number of carbonyl (C=O) groups excluding carboxylic acids is 1. The van der Waals surface area contributed by atoms with Crippen molar-refractivity contribution >= 4 is 21.8 Å². The Kier molecular flexibility index (Phi) is 5.37. The number of pyridine rings is 1. The number of carbonyl (C=O) groups is 1. The molecule has 20 heavy (non-hydrogen) atoms. The molecule has 1 aliphatic carbocycles. The predicted octanol–water partition coefficient (Wildman–Crippen LogP) is 1.42. The van der Waals surface area contributed by atoms with E-state index in [1.54, 1.807) is 12.3 Å². The van der Waals surface area contributed by atoms with Gasteiger partial charge in [0.25, 0.3) is 5.56 Å². The molecule has 2 unspecified atom stereocenters. The van der Waals surface area contributed by atoms with Gasteiger partial charge in [0.2, 0.25) is 5.91 Å². The van der Waals surface area contributed by atoms with Gasteiger partial charge in [-0.05, 0) is 34.8 Å². The molecule has 0 aromatic carbocycles. The first kappa shape index (κ1) is 15.3. The van der Waals surface area contributed by atoms with Crippen molar-refractivity contribution in [2.24, 2.45) is 0 Å². The van der Waals surface area contributed by atoms with Crippen molar-refractivity contribution in [3.63, 3.8) is 0 Å². The number of aliphatic hydroxyl groups is 1. The lowest BCUT2D eigenvalue weighted by Crippen LogP contribution is -2.44. The fourth-order valence-electron chi connectivity index (χ4n) is 2.49. The van der Waals surface area contributed by atoms with Gasteiger partial charge in [0.1, 0.15) is 6.54 Å². The number of hydrogen-bond donors (Lipinski definition) is 2. The van der Waals surface area contributed by atoms with E-state index in [4.69, 9.17) is 0 Å². The van der Waals surface area contributed by atoms with E-state index < -0.39 is 6.10 Å². The first-order valence-corrected chi connectivity index (χ1v) is 7.69.